The first-order chi connectivity index (χ1) is 20.1. The van der Waals surface area contributed by atoms with Gasteiger partial charge in [0.1, 0.15) is 0 Å². The highest BCUT2D eigenvalue weighted by Gasteiger charge is 2.42. The number of hydrogen-bond acceptors (Lipinski definition) is 5. The van der Waals surface area contributed by atoms with Crippen molar-refractivity contribution < 1.29 is 13.9 Å². The Morgan fingerprint density at radius 2 is 1.45 bits per heavy atom. The van der Waals surface area contributed by atoms with Crippen LogP contribution < -0.4 is 0 Å². The van der Waals surface area contributed by atoms with Crippen LogP contribution in [-0.2, 0) is 0 Å². The van der Waals surface area contributed by atoms with Crippen molar-refractivity contribution in [3.8, 4) is 0 Å². The van der Waals surface area contributed by atoms with E-state index in [-0.39, 0.29) is 43.3 Å². The van der Waals surface area contributed by atoms with E-state index >= 15 is 8.78 Å². The molecule has 0 radical (unpaired) electrons. The molecule has 1 aromatic heterocycles. The Balaban J connectivity index is 0.00000147. The normalized spacial score (nSPS) is 22.4. The fourth-order valence-electron chi connectivity index (χ4n) is 6.73. The number of aliphatic hydroxyl groups excluding tert-OH is 1. The number of pyridine rings is 1. The average Bonchev–Trinajstić information content (AvgIpc) is 3.86. The van der Waals surface area contributed by atoms with Crippen molar-refractivity contribution in [1.29, 1.82) is 0 Å². The highest BCUT2D eigenvalue weighted by Crippen LogP contribution is 2.53. The largest absolute Gasteiger partial charge is 0.391 e. The van der Waals surface area contributed by atoms with Crippen LogP contribution in [0.1, 0.15) is 65.0 Å². The molecule has 4 atom stereocenters. The number of nitrogens with zero attached hydrogens (tertiary/aromatic N) is 3. The minimum Gasteiger partial charge on any atom is -0.391 e. The van der Waals surface area contributed by atoms with Crippen molar-refractivity contribution in [2.45, 2.75) is 48.1 Å². The van der Waals surface area contributed by atoms with Gasteiger partial charge in [-0.05, 0) is 64.8 Å². The van der Waals surface area contributed by atoms with Gasteiger partial charge < -0.3 is 5.11 Å². The topological polar surface area (TPSA) is 39.6 Å². The molecule has 2 heterocycles. The number of piperazine rings is 1. The SMILES string of the molecule is Cl.Cl.Cl.O[C@@H](CSc1cccc2ncccc12)CN1CCN(C2c3ccccc3C(F)C(F)c3c(C4CC4)cccc32)CC1. The number of β-amino-alcohol motifs (C(OH)–C–C–N with tert-alkyl or cyclic N) is 1. The molecule has 3 aliphatic rings. The number of halogens is 5. The van der Waals surface area contributed by atoms with E-state index in [9.17, 15) is 5.11 Å². The monoisotopic (exact) mass is 679 g/mol. The summed E-state index contributed by atoms with van der Waals surface area (Å²) in [4.78, 5) is 10.3. The van der Waals surface area contributed by atoms with Crippen molar-refractivity contribution in [3.05, 3.63) is 107 Å². The molecule has 0 bridgehead atoms. The molecule has 0 amide bonds. The van der Waals surface area contributed by atoms with Gasteiger partial charge in [-0.2, -0.15) is 0 Å². The van der Waals surface area contributed by atoms with Gasteiger partial charge in [-0.3, -0.25) is 14.8 Å². The fraction of sp³-hybridized carbons (Fsp3) is 0.382. The third-order valence-corrected chi connectivity index (χ3v) is 10.1. The predicted octanol–water partition coefficient (Wildman–Crippen LogP) is 8.27. The van der Waals surface area contributed by atoms with Gasteiger partial charge in [0.15, 0.2) is 12.3 Å². The second-order valence-electron chi connectivity index (χ2n) is 11.6. The van der Waals surface area contributed by atoms with Crippen LogP contribution in [0.5, 0.6) is 0 Å². The Hall–Kier alpha value is -1.97. The van der Waals surface area contributed by atoms with E-state index in [4.69, 9.17) is 0 Å². The molecule has 2 aliphatic carbocycles. The summed E-state index contributed by atoms with van der Waals surface area (Å²) in [6.07, 6.45) is 0.122. The molecule has 10 heteroatoms. The number of rotatable bonds is 7. The quantitative estimate of drug-likeness (QED) is 0.199. The number of hydrogen-bond donors (Lipinski definition) is 1. The smallest absolute Gasteiger partial charge is 0.161 e. The summed E-state index contributed by atoms with van der Waals surface area (Å²) in [5, 5.41) is 12.0. The molecule has 0 spiro atoms. The molecule has 7 rings (SSSR count). The lowest BCUT2D eigenvalue weighted by Gasteiger charge is -2.41. The van der Waals surface area contributed by atoms with E-state index in [1.807, 2.05) is 54.6 Å². The Morgan fingerprint density at radius 3 is 2.20 bits per heavy atom. The number of aromatic nitrogens is 1. The maximum atomic E-state index is 15.9. The number of fused-ring (bicyclic) bond motifs is 3. The summed E-state index contributed by atoms with van der Waals surface area (Å²) in [7, 11) is 0. The van der Waals surface area contributed by atoms with E-state index in [0.717, 1.165) is 71.5 Å². The summed E-state index contributed by atoms with van der Waals surface area (Å²) >= 11 is 1.67. The molecule has 1 N–H and O–H groups in total. The lowest BCUT2D eigenvalue weighted by molar-refractivity contribution is 0.0706. The Kier molecular flexibility index (Phi) is 12.0. The average molecular weight is 681 g/mol. The molecule has 1 aliphatic heterocycles. The molecule has 3 aromatic carbocycles. The van der Waals surface area contributed by atoms with Crippen LogP contribution in [0.4, 0.5) is 8.78 Å². The van der Waals surface area contributed by atoms with Crippen molar-refractivity contribution >= 4 is 59.9 Å². The lowest BCUT2D eigenvalue weighted by atomic mass is 9.89. The zero-order chi connectivity index (χ0) is 27.9. The molecule has 1 saturated carbocycles. The number of thioether (sulfide) groups is 1. The second kappa shape index (κ2) is 15.1. The number of aliphatic hydroxyl groups is 1. The summed E-state index contributed by atoms with van der Waals surface area (Å²) in [5.41, 5.74) is 4.82. The van der Waals surface area contributed by atoms with Crippen molar-refractivity contribution in [2.24, 2.45) is 0 Å². The third kappa shape index (κ3) is 6.90. The molecule has 44 heavy (non-hydrogen) atoms. The van der Waals surface area contributed by atoms with Gasteiger partial charge in [0.25, 0.3) is 0 Å². The van der Waals surface area contributed by atoms with E-state index in [1.165, 1.54) is 0 Å². The van der Waals surface area contributed by atoms with Crippen molar-refractivity contribution in [1.82, 2.24) is 14.8 Å². The Bertz CT molecular complexity index is 1550. The van der Waals surface area contributed by atoms with Crippen LogP contribution in [0.15, 0.2) is 83.9 Å². The van der Waals surface area contributed by atoms with Gasteiger partial charge in [0, 0.05) is 55.0 Å². The van der Waals surface area contributed by atoms with E-state index < -0.39 is 18.4 Å². The minimum atomic E-state index is -1.67. The molecule has 2 fully saturated rings. The maximum Gasteiger partial charge on any atom is 0.161 e. The molecule has 236 valence electrons. The van der Waals surface area contributed by atoms with Crippen LogP contribution in [0.25, 0.3) is 10.9 Å². The molecular weight excluding hydrogens is 643 g/mol. The van der Waals surface area contributed by atoms with Crippen molar-refractivity contribution in [3.63, 3.8) is 0 Å². The number of benzene rings is 3. The van der Waals surface area contributed by atoms with Crippen LogP contribution in [-0.4, -0.2) is 64.5 Å². The Morgan fingerprint density at radius 1 is 0.773 bits per heavy atom. The summed E-state index contributed by atoms with van der Waals surface area (Å²) in [5.74, 6) is 0.954. The van der Waals surface area contributed by atoms with E-state index in [1.54, 1.807) is 24.0 Å². The van der Waals surface area contributed by atoms with Crippen LogP contribution in [0.3, 0.4) is 0 Å². The summed E-state index contributed by atoms with van der Waals surface area (Å²) in [6, 6.07) is 23.5. The zero-order valence-electron chi connectivity index (χ0n) is 24.2. The van der Waals surface area contributed by atoms with Crippen LogP contribution >= 0.6 is 49.0 Å². The van der Waals surface area contributed by atoms with Gasteiger partial charge in [-0.15, -0.1) is 49.0 Å². The van der Waals surface area contributed by atoms with Crippen LogP contribution in [0.2, 0.25) is 0 Å². The summed E-state index contributed by atoms with van der Waals surface area (Å²) < 4.78 is 31.7. The maximum absolute atomic E-state index is 15.9. The molecule has 1 saturated heterocycles. The van der Waals surface area contributed by atoms with Crippen molar-refractivity contribution in [2.75, 3.05) is 38.5 Å². The lowest BCUT2D eigenvalue weighted by Crippen LogP contribution is -2.50. The predicted molar refractivity (Wildman–Crippen MR) is 183 cm³/mol. The zero-order valence-corrected chi connectivity index (χ0v) is 27.5. The van der Waals surface area contributed by atoms with Gasteiger partial charge >= 0.3 is 0 Å². The minimum absolute atomic E-state index is 0. The first-order valence-corrected chi connectivity index (χ1v) is 15.7. The molecule has 3 unspecified atom stereocenters. The molecular formula is C34H38Cl3F2N3OS. The van der Waals surface area contributed by atoms with Crippen LogP contribution in [0, 0.1) is 0 Å². The van der Waals surface area contributed by atoms with Gasteiger partial charge in [0.05, 0.1) is 17.7 Å². The first kappa shape index (κ1) is 34.9. The fourth-order valence-corrected chi connectivity index (χ4v) is 7.71. The standard InChI is InChI=1S/C34H35F2N3OS.3ClH/c35-32-25-6-1-2-7-26(25)34(28-9-3-8-24(22-13-14-22)31(28)33(32)36)39-18-16-38(17-19-39)20-23(40)21-41-30-12-4-11-29-27(30)10-5-15-37-29;;;/h1-12,15,22-23,32-34,40H,13-14,16-21H2;3*1H/t23-,32?,33?,34?;;;/m1.../s1. The van der Waals surface area contributed by atoms with E-state index in [2.05, 4.69) is 26.9 Å². The highest BCUT2D eigenvalue weighted by molar-refractivity contribution is 7.99. The second-order valence-corrected chi connectivity index (χ2v) is 12.6. The highest BCUT2D eigenvalue weighted by atomic mass is 35.5. The molecule has 4 nitrogen and oxygen atoms in total. The third-order valence-electron chi connectivity index (χ3n) is 8.88. The summed E-state index contributed by atoms with van der Waals surface area (Å²) in [6.45, 7) is 3.75. The van der Waals surface area contributed by atoms with Gasteiger partial charge in [-0.25, -0.2) is 8.78 Å². The van der Waals surface area contributed by atoms with Gasteiger partial charge in [0.2, 0.25) is 0 Å². The first-order valence-electron chi connectivity index (χ1n) is 14.7. The Labute approximate surface area is 280 Å². The van der Waals surface area contributed by atoms with E-state index in [0.29, 0.717) is 29.3 Å². The molecule has 4 aromatic rings. The number of alkyl halides is 2. The van der Waals surface area contributed by atoms with Gasteiger partial charge in [-0.1, -0.05) is 54.6 Å².